The van der Waals surface area contributed by atoms with Crippen molar-refractivity contribution in [1.29, 1.82) is 21.0 Å². The zero-order valence-corrected chi connectivity index (χ0v) is 14.9. The largest absolute Gasteiger partial charge is 0.326 e. The summed E-state index contributed by atoms with van der Waals surface area (Å²) in [4.78, 5) is 8.87. The van der Waals surface area contributed by atoms with Gasteiger partial charge in [0.05, 0.1) is 22.1 Å². The van der Waals surface area contributed by atoms with Gasteiger partial charge in [-0.1, -0.05) is 6.07 Å². The highest BCUT2D eigenvalue weighted by molar-refractivity contribution is 6.09. The van der Waals surface area contributed by atoms with Crippen LogP contribution in [0, 0.1) is 45.3 Å². The monoisotopic (exact) mass is 362 g/mol. The van der Waals surface area contributed by atoms with Crippen molar-refractivity contribution >= 4 is 44.0 Å². The minimum atomic E-state index is -0.0574. The molecule has 0 fully saturated rings. The van der Waals surface area contributed by atoms with Crippen molar-refractivity contribution in [2.24, 2.45) is 14.1 Å². The molecule has 0 unspecified atom stereocenters. The third kappa shape index (κ3) is 2.13. The molecule has 130 valence electrons. The maximum absolute atomic E-state index is 9.19. The number of rotatable bonds is 0. The van der Waals surface area contributed by atoms with E-state index >= 15 is 0 Å². The van der Waals surface area contributed by atoms with Gasteiger partial charge in [-0.3, -0.25) is 0 Å². The van der Waals surface area contributed by atoms with Crippen LogP contribution in [-0.2, 0) is 14.1 Å². The first-order valence-electron chi connectivity index (χ1n) is 8.14. The van der Waals surface area contributed by atoms with E-state index in [-0.39, 0.29) is 11.1 Å². The number of hydrogen-bond acceptors (Lipinski definition) is 6. The number of aromatic nitrogens is 4. The summed E-state index contributed by atoms with van der Waals surface area (Å²) in [5.74, 6) is 0. The van der Waals surface area contributed by atoms with E-state index in [1.165, 1.54) is 0 Å². The van der Waals surface area contributed by atoms with Crippen molar-refractivity contribution in [3.05, 3.63) is 35.2 Å². The minimum Gasteiger partial charge on any atom is -0.326 e. The van der Waals surface area contributed by atoms with Crippen LogP contribution in [0.4, 0.5) is 0 Å². The third-order valence-electron chi connectivity index (χ3n) is 4.74. The highest BCUT2D eigenvalue weighted by atomic mass is 15.0. The van der Waals surface area contributed by atoms with Crippen molar-refractivity contribution in [1.82, 2.24) is 19.1 Å². The number of nitriles is 4. The average Bonchev–Trinajstić information content (AvgIpc) is 3.20. The minimum absolute atomic E-state index is 0.0574. The molecule has 0 saturated carbocycles. The summed E-state index contributed by atoms with van der Waals surface area (Å²) in [6, 6.07) is 15.0. The molecular formula is C20H10N8. The molecule has 8 heteroatoms. The summed E-state index contributed by atoms with van der Waals surface area (Å²) in [6.07, 6.45) is 0. The van der Waals surface area contributed by atoms with E-state index in [1.807, 2.05) is 48.5 Å². The van der Waals surface area contributed by atoms with Gasteiger partial charge in [-0.05, 0) is 23.6 Å². The van der Waals surface area contributed by atoms with Crippen molar-refractivity contribution in [3.63, 3.8) is 0 Å². The van der Waals surface area contributed by atoms with Gasteiger partial charge in [0.2, 0.25) is 0 Å². The first-order chi connectivity index (χ1) is 13.5. The fourth-order valence-electron chi connectivity index (χ4n) is 3.42. The molecule has 0 N–H and O–H groups in total. The Labute approximate surface area is 158 Å². The van der Waals surface area contributed by atoms with Crippen LogP contribution in [-0.4, -0.2) is 19.1 Å². The number of hydrogen-bond donors (Lipinski definition) is 0. The van der Waals surface area contributed by atoms with Gasteiger partial charge in [-0.25, -0.2) is 9.97 Å². The van der Waals surface area contributed by atoms with Gasteiger partial charge >= 0.3 is 0 Å². The molecule has 4 aromatic rings. The topological polar surface area (TPSA) is 131 Å². The van der Waals surface area contributed by atoms with E-state index in [9.17, 15) is 10.5 Å². The van der Waals surface area contributed by atoms with E-state index in [1.54, 1.807) is 23.2 Å². The molecule has 8 nitrogen and oxygen atoms in total. The summed E-state index contributed by atoms with van der Waals surface area (Å²) in [5.41, 5.74) is 3.36. The van der Waals surface area contributed by atoms with Crippen LogP contribution in [0.2, 0.25) is 0 Å². The maximum atomic E-state index is 9.19. The van der Waals surface area contributed by atoms with Crippen molar-refractivity contribution in [3.8, 4) is 24.3 Å². The van der Waals surface area contributed by atoms with E-state index in [4.69, 9.17) is 10.5 Å². The van der Waals surface area contributed by atoms with Gasteiger partial charge in [0, 0.05) is 19.5 Å². The molecule has 0 radical (unpaired) electrons. The SMILES string of the molecule is Cn1c(=C(C#N)C#N)nc2cc3ccc4nc(=C(C#N)C#N)n(C)c4c3cc21. The molecule has 0 aliphatic heterocycles. The summed E-state index contributed by atoms with van der Waals surface area (Å²) >= 11 is 0. The molecule has 0 bridgehead atoms. The second-order valence-electron chi connectivity index (χ2n) is 6.18. The quantitative estimate of drug-likeness (QED) is 0.459. The zero-order valence-electron chi connectivity index (χ0n) is 14.9. The summed E-state index contributed by atoms with van der Waals surface area (Å²) in [6.45, 7) is 0. The zero-order chi connectivity index (χ0) is 20.0. The molecule has 2 aromatic heterocycles. The fraction of sp³-hybridized carbons (Fsp3) is 0.100. The predicted octanol–water partition coefficient (Wildman–Crippen LogP) is 1.01. The fourth-order valence-corrected chi connectivity index (χ4v) is 3.42. The Morgan fingerprint density at radius 1 is 0.786 bits per heavy atom. The highest BCUT2D eigenvalue weighted by Gasteiger charge is 2.14. The molecule has 0 saturated heterocycles. The Morgan fingerprint density at radius 2 is 1.36 bits per heavy atom. The standard InChI is InChI=1S/C20H10N8/c1-27-17-6-14-11(5-16(17)26-19(27)12(7-21)8-22)3-4-15-18(14)28(2)20(25-15)13(9-23)10-24/h3-6H,1-2H3. The number of fused-ring (bicyclic) bond motifs is 4. The van der Waals surface area contributed by atoms with Crippen molar-refractivity contribution in [2.45, 2.75) is 0 Å². The van der Waals surface area contributed by atoms with Crippen LogP contribution in [0.5, 0.6) is 0 Å². The molecule has 4 rings (SSSR count). The van der Waals surface area contributed by atoms with E-state index in [0.717, 1.165) is 21.8 Å². The highest BCUT2D eigenvalue weighted by Crippen LogP contribution is 2.27. The molecule has 0 amide bonds. The Kier molecular flexibility index (Phi) is 3.57. The lowest BCUT2D eigenvalue weighted by Crippen LogP contribution is -2.18. The number of aryl methyl sites for hydroxylation is 2. The van der Waals surface area contributed by atoms with Crippen LogP contribution in [0.25, 0.3) is 44.0 Å². The number of imidazole rings is 2. The van der Waals surface area contributed by atoms with E-state index in [0.29, 0.717) is 22.0 Å². The first kappa shape index (κ1) is 16.8. The summed E-state index contributed by atoms with van der Waals surface area (Å²) in [5, 5.41) is 38.5. The van der Waals surface area contributed by atoms with Gasteiger partial charge in [-0.15, -0.1) is 0 Å². The Balaban J connectivity index is 2.24. The molecule has 28 heavy (non-hydrogen) atoms. The lowest BCUT2D eigenvalue weighted by Gasteiger charge is -2.04. The lowest BCUT2D eigenvalue weighted by molar-refractivity contribution is 0.895. The van der Waals surface area contributed by atoms with E-state index in [2.05, 4.69) is 9.97 Å². The van der Waals surface area contributed by atoms with E-state index < -0.39 is 0 Å². The Hall–Kier alpha value is -4.66. The number of nitrogens with zero attached hydrogens (tertiary/aromatic N) is 8. The first-order valence-corrected chi connectivity index (χ1v) is 8.14. The van der Waals surface area contributed by atoms with Crippen molar-refractivity contribution < 1.29 is 0 Å². The van der Waals surface area contributed by atoms with Gasteiger partial charge in [0.1, 0.15) is 24.3 Å². The molecule has 0 aliphatic carbocycles. The molecule has 0 spiro atoms. The van der Waals surface area contributed by atoms with Crippen LogP contribution < -0.4 is 11.0 Å². The van der Waals surface area contributed by atoms with Crippen LogP contribution >= 0.6 is 0 Å². The molecule has 2 aromatic carbocycles. The maximum Gasteiger partial charge on any atom is 0.172 e. The van der Waals surface area contributed by atoms with Crippen LogP contribution in [0.1, 0.15) is 0 Å². The Morgan fingerprint density at radius 3 is 1.96 bits per heavy atom. The van der Waals surface area contributed by atoms with Gasteiger partial charge in [0.15, 0.2) is 22.1 Å². The molecular weight excluding hydrogens is 352 g/mol. The molecule has 0 aliphatic rings. The third-order valence-corrected chi connectivity index (χ3v) is 4.74. The normalized spacial score (nSPS) is 10.4. The van der Waals surface area contributed by atoms with Gasteiger partial charge < -0.3 is 9.13 Å². The van der Waals surface area contributed by atoms with Crippen LogP contribution in [0.15, 0.2) is 24.3 Å². The van der Waals surface area contributed by atoms with Crippen LogP contribution in [0.3, 0.4) is 0 Å². The predicted molar refractivity (Wildman–Crippen MR) is 101 cm³/mol. The van der Waals surface area contributed by atoms with Crippen molar-refractivity contribution in [2.75, 3.05) is 0 Å². The summed E-state index contributed by atoms with van der Waals surface area (Å²) in [7, 11) is 3.51. The Bertz CT molecular complexity index is 1590. The number of benzene rings is 2. The second kappa shape index (κ2) is 5.95. The average molecular weight is 362 g/mol. The lowest BCUT2D eigenvalue weighted by atomic mass is 10.1. The summed E-state index contributed by atoms with van der Waals surface area (Å²) < 4.78 is 3.43. The molecule has 0 atom stereocenters. The second-order valence-corrected chi connectivity index (χ2v) is 6.18. The van der Waals surface area contributed by atoms with Gasteiger partial charge in [-0.2, -0.15) is 21.0 Å². The smallest absolute Gasteiger partial charge is 0.172 e. The molecule has 2 heterocycles. The van der Waals surface area contributed by atoms with Gasteiger partial charge in [0.25, 0.3) is 0 Å².